The minimum absolute atomic E-state index is 0.0252. The van der Waals surface area contributed by atoms with Crippen LogP contribution in [0.15, 0.2) is 42.5 Å². The normalized spacial score (nSPS) is 13.6. The van der Waals surface area contributed by atoms with Crippen LogP contribution in [-0.4, -0.2) is 30.8 Å². The van der Waals surface area contributed by atoms with Gasteiger partial charge in [-0.1, -0.05) is 11.6 Å². The maximum absolute atomic E-state index is 12.9. The van der Waals surface area contributed by atoms with Crippen molar-refractivity contribution in [1.29, 1.82) is 0 Å². The summed E-state index contributed by atoms with van der Waals surface area (Å²) in [7, 11) is 0. The summed E-state index contributed by atoms with van der Waals surface area (Å²) in [6.07, 6.45) is 1.30. The fraction of sp³-hybridized carbons (Fsp3) is 0.211. The summed E-state index contributed by atoms with van der Waals surface area (Å²) in [6, 6.07) is 9.89. The lowest BCUT2D eigenvalue weighted by atomic mass is 10.2. The van der Waals surface area contributed by atoms with E-state index in [1.54, 1.807) is 23.1 Å². The number of halogens is 2. The Morgan fingerprint density at radius 2 is 1.89 bits per heavy atom. The van der Waals surface area contributed by atoms with Crippen molar-refractivity contribution >= 4 is 40.7 Å². The van der Waals surface area contributed by atoms with E-state index in [4.69, 9.17) is 11.6 Å². The SMILES string of the molecule is O=C(CNC(=O)c1ccc(F)cc1)Nc1ccc(N2CCCC2=O)c(Cl)c1. The van der Waals surface area contributed by atoms with Gasteiger partial charge in [-0.2, -0.15) is 0 Å². The summed E-state index contributed by atoms with van der Waals surface area (Å²) in [5.74, 6) is -1.34. The van der Waals surface area contributed by atoms with Gasteiger partial charge in [0.05, 0.1) is 17.3 Å². The van der Waals surface area contributed by atoms with Crippen LogP contribution in [0.3, 0.4) is 0 Å². The summed E-state index contributed by atoms with van der Waals surface area (Å²) in [5.41, 5.74) is 1.32. The van der Waals surface area contributed by atoms with Crippen LogP contribution in [0.4, 0.5) is 15.8 Å². The van der Waals surface area contributed by atoms with Gasteiger partial charge in [-0.3, -0.25) is 14.4 Å². The molecule has 8 heteroatoms. The molecule has 3 rings (SSSR count). The Bertz CT molecular complexity index is 886. The standard InChI is InChI=1S/C19H17ClFN3O3/c20-15-10-14(7-8-16(15)24-9-1-2-18(24)26)23-17(25)11-22-19(27)12-3-5-13(21)6-4-12/h3-8,10H,1-2,9,11H2,(H,22,27)(H,23,25). The topological polar surface area (TPSA) is 78.5 Å². The molecule has 27 heavy (non-hydrogen) atoms. The molecule has 1 fully saturated rings. The molecule has 0 bridgehead atoms. The van der Waals surface area contributed by atoms with Gasteiger partial charge >= 0.3 is 0 Å². The van der Waals surface area contributed by atoms with E-state index in [-0.39, 0.29) is 18.0 Å². The first-order chi connectivity index (χ1) is 12.9. The maximum atomic E-state index is 12.9. The Balaban J connectivity index is 1.56. The van der Waals surface area contributed by atoms with Crippen LogP contribution in [0.5, 0.6) is 0 Å². The minimum atomic E-state index is -0.480. The molecule has 0 saturated carbocycles. The van der Waals surface area contributed by atoms with Crippen LogP contribution < -0.4 is 15.5 Å². The zero-order valence-electron chi connectivity index (χ0n) is 14.3. The van der Waals surface area contributed by atoms with Crippen molar-refractivity contribution in [2.45, 2.75) is 12.8 Å². The highest BCUT2D eigenvalue weighted by molar-refractivity contribution is 6.34. The molecule has 0 spiro atoms. The van der Waals surface area contributed by atoms with E-state index in [9.17, 15) is 18.8 Å². The molecule has 2 aromatic carbocycles. The van der Waals surface area contributed by atoms with Crippen molar-refractivity contribution < 1.29 is 18.8 Å². The lowest BCUT2D eigenvalue weighted by molar-refractivity contribution is -0.117. The summed E-state index contributed by atoms with van der Waals surface area (Å²) >= 11 is 6.23. The number of hydrogen-bond acceptors (Lipinski definition) is 3. The van der Waals surface area contributed by atoms with Crippen LogP contribution in [-0.2, 0) is 9.59 Å². The van der Waals surface area contributed by atoms with E-state index in [0.29, 0.717) is 29.4 Å². The van der Waals surface area contributed by atoms with Crippen molar-refractivity contribution in [3.63, 3.8) is 0 Å². The number of anilines is 2. The number of carbonyl (C=O) groups is 3. The van der Waals surface area contributed by atoms with E-state index < -0.39 is 17.6 Å². The molecule has 1 aliphatic heterocycles. The van der Waals surface area contributed by atoms with Gasteiger partial charge in [0.15, 0.2) is 0 Å². The Morgan fingerprint density at radius 1 is 1.15 bits per heavy atom. The summed E-state index contributed by atoms with van der Waals surface area (Å²) < 4.78 is 12.9. The molecule has 0 aliphatic carbocycles. The molecular formula is C19H17ClFN3O3. The van der Waals surface area contributed by atoms with Crippen molar-refractivity contribution in [1.82, 2.24) is 5.32 Å². The number of benzene rings is 2. The number of nitrogens with zero attached hydrogens (tertiary/aromatic N) is 1. The molecule has 0 unspecified atom stereocenters. The van der Waals surface area contributed by atoms with E-state index in [1.165, 1.54) is 24.3 Å². The highest BCUT2D eigenvalue weighted by Gasteiger charge is 2.23. The zero-order valence-corrected chi connectivity index (χ0v) is 15.1. The number of nitrogens with one attached hydrogen (secondary N) is 2. The number of carbonyl (C=O) groups excluding carboxylic acids is 3. The fourth-order valence-electron chi connectivity index (χ4n) is 2.78. The Kier molecular flexibility index (Phi) is 5.71. The van der Waals surface area contributed by atoms with Crippen LogP contribution in [0.25, 0.3) is 0 Å². The largest absolute Gasteiger partial charge is 0.343 e. The lowest BCUT2D eigenvalue weighted by Gasteiger charge is -2.18. The van der Waals surface area contributed by atoms with Gasteiger partial charge in [0.1, 0.15) is 5.82 Å². The Hall–Kier alpha value is -2.93. The molecule has 0 radical (unpaired) electrons. The smallest absolute Gasteiger partial charge is 0.251 e. The van der Waals surface area contributed by atoms with Crippen LogP contribution >= 0.6 is 11.6 Å². The third-order valence-electron chi connectivity index (χ3n) is 4.11. The first kappa shape index (κ1) is 18.8. The summed E-state index contributed by atoms with van der Waals surface area (Å²) in [6.45, 7) is 0.375. The molecule has 0 atom stereocenters. The molecular weight excluding hydrogens is 373 g/mol. The summed E-state index contributed by atoms with van der Waals surface area (Å²) in [4.78, 5) is 37.4. The second-order valence-electron chi connectivity index (χ2n) is 6.05. The van der Waals surface area contributed by atoms with Gasteiger partial charge in [0.2, 0.25) is 11.8 Å². The molecule has 0 aromatic heterocycles. The second kappa shape index (κ2) is 8.18. The third kappa shape index (κ3) is 4.62. The van der Waals surface area contributed by atoms with Crippen molar-refractivity contribution in [2.24, 2.45) is 0 Å². The van der Waals surface area contributed by atoms with Crippen molar-refractivity contribution in [2.75, 3.05) is 23.3 Å². The van der Waals surface area contributed by atoms with Crippen LogP contribution in [0.2, 0.25) is 5.02 Å². The highest BCUT2D eigenvalue weighted by Crippen LogP contribution is 2.31. The molecule has 140 valence electrons. The van der Waals surface area contributed by atoms with Crippen molar-refractivity contribution in [3.05, 3.63) is 58.9 Å². The van der Waals surface area contributed by atoms with Gasteiger partial charge < -0.3 is 15.5 Å². The van der Waals surface area contributed by atoms with Crippen LogP contribution in [0, 0.1) is 5.82 Å². The molecule has 1 heterocycles. The average molecular weight is 390 g/mol. The Morgan fingerprint density at radius 3 is 2.52 bits per heavy atom. The monoisotopic (exact) mass is 389 g/mol. The minimum Gasteiger partial charge on any atom is -0.343 e. The second-order valence-corrected chi connectivity index (χ2v) is 6.46. The fourth-order valence-corrected chi connectivity index (χ4v) is 3.06. The third-order valence-corrected chi connectivity index (χ3v) is 4.41. The lowest BCUT2D eigenvalue weighted by Crippen LogP contribution is -2.32. The van der Waals surface area contributed by atoms with E-state index in [0.717, 1.165) is 6.42 Å². The zero-order chi connectivity index (χ0) is 19.4. The van der Waals surface area contributed by atoms with Gasteiger partial charge in [-0.15, -0.1) is 0 Å². The number of rotatable bonds is 5. The molecule has 3 amide bonds. The predicted octanol–water partition coefficient (Wildman–Crippen LogP) is 2.97. The van der Waals surface area contributed by atoms with Gasteiger partial charge in [-0.25, -0.2) is 4.39 Å². The maximum Gasteiger partial charge on any atom is 0.251 e. The Labute approximate surface area is 160 Å². The molecule has 2 aromatic rings. The number of hydrogen-bond donors (Lipinski definition) is 2. The predicted molar refractivity (Wildman–Crippen MR) is 100 cm³/mol. The van der Waals surface area contributed by atoms with Gasteiger partial charge in [0, 0.05) is 24.2 Å². The van der Waals surface area contributed by atoms with E-state index in [2.05, 4.69) is 10.6 Å². The highest BCUT2D eigenvalue weighted by atomic mass is 35.5. The summed E-state index contributed by atoms with van der Waals surface area (Å²) in [5, 5.41) is 5.44. The molecule has 6 nitrogen and oxygen atoms in total. The number of amides is 3. The average Bonchev–Trinajstić information content (AvgIpc) is 3.06. The first-order valence-electron chi connectivity index (χ1n) is 8.37. The molecule has 1 aliphatic rings. The van der Waals surface area contributed by atoms with E-state index in [1.807, 2.05) is 0 Å². The van der Waals surface area contributed by atoms with Crippen LogP contribution in [0.1, 0.15) is 23.2 Å². The van der Waals surface area contributed by atoms with E-state index >= 15 is 0 Å². The van der Waals surface area contributed by atoms with Gasteiger partial charge in [0.25, 0.3) is 5.91 Å². The van der Waals surface area contributed by atoms with Crippen molar-refractivity contribution in [3.8, 4) is 0 Å². The van der Waals surface area contributed by atoms with Gasteiger partial charge in [-0.05, 0) is 48.9 Å². The molecule has 1 saturated heterocycles. The first-order valence-corrected chi connectivity index (χ1v) is 8.75. The molecule has 2 N–H and O–H groups in total. The quantitative estimate of drug-likeness (QED) is 0.825.